The van der Waals surface area contributed by atoms with Gasteiger partial charge in [0.25, 0.3) is 0 Å². The van der Waals surface area contributed by atoms with Crippen molar-refractivity contribution in [2.75, 3.05) is 0 Å². The molecule has 0 amide bonds. The molecule has 0 unspecified atom stereocenters. The summed E-state index contributed by atoms with van der Waals surface area (Å²) in [4.78, 5) is 1.25. The van der Waals surface area contributed by atoms with Gasteiger partial charge in [-0.15, -0.1) is 5.10 Å². The van der Waals surface area contributed by atoms with E-state index in [4.69, 9.17) is 0 Å². The molecule has 0 spiro atoms. The highest BCUT2D eigenvalue weighted by atomic mass is 32.1. The summed E-state index contributed by atoms with van der Waals surface area (Å²) >= 11 is 1.49. The van der Waals surface area contributed by atoms with Crippen molar-refractivity contribution < 1.29 is 0 Å². The lowest BCUT2D eigenvalue weighted by molar-refractivity contribution is 0.422. The van der Waals surface area contributed by atoms with E-state index in [2.05, 4.69) is 56.4 Å². The molecule has 1 aromatic heterocycles. The monoisotopic (exact) mass is 227 g/mol. The summed E-state index contributed by atoms with van der Waals surface area (Å²) in [5.74, 6) is 0. The zero-order valence-electron chi connectivity index (χ0n) is 10.5. The minimum absolute atomic E-state index is 0.0852. The zero-order chi connectivity index (χ0) is 11.7. The Morgan fingerprint density at radius 1 is 1.13 bits per heavy atom. The highest BCUT2D eigenvalue weighted by Crippen LogP contribution is 2.25. The smallest absolute Gasteiger partial charge is 0.0854 e. The highest BCUT2D eigenvalue weighted by molar-refractivity contribution is 7.05. The molecule has 0 saturated heterocycles. The molecule has 86 valence electrons. The largest absolute Gasteiger partial charge is 0.307 e. The quantitative estimate of drug-likeness (QED) is 0.844. The van der Waals surface area contributed by atoms with Crippen molar-refractivity contribution >= 4 is 11.5 Å². The minimum Gasteiger partial charge on any atom is -0.307 e. The Kier molecular flexibility index (Phi) is 3.51. The minimum atomic E-state index is 0.0852. The number of rotatable bonds is 2. The van der Waals surface area contributed by atoms with Crippen molar-refractivity contribution in [1.29, 1.82) is 0 Å². The van der Waals surface area contributed by atoms with Crippen molar-refractivity contribution in [3.63, 3.8) is 0 Å². The maximum atomic E-state index is 4.22. The van der Waals surface area contributed by atoms with Crippen molar-refractivity contribution in [3.8, 4) is 0 Å². The summed E-state index contributed by atoms with van der Waals surface area (Å²) in [6.07, 6.45) is 0. The fourth-order valence-corrected chi connectivity index (χ4v) is 2.03. The van der Waals surface area contributed by atoms with E-state index in [0.717, 1.165) is 12.2 Å². The molecular weight excluding hydrogens is 206 g/mol. The number of hydrogen-bond donors (Lipinski definition) is 1. The maximum absolute atomic E-state index is 4.22. The zero-order valence-corrected chi connectivity index (χ0v) is 11.3. The fraction of sp³-hybridized carbons (Fsp3) is 0.818. The standard InChI is InChI=1S/C11H21N3S/c1-10(2,3)9-8(15-14-13-9)7-12-11(4,5)6/h12H,7H2,1-6H3. The van der Waals surface area contributed by atoms with Crippen LogP contribution < -0.4 is 5.32 Å². The van der Waals surface area contributed by atoms with Gasteiger partial charge in [-0.3, -0.25) is 0 Å². The van der Waals surface area contributed by atoms with Gasteiger partial charge in [0.2, 0.25) is 0 Å². The topological polar surface area (TPSA) is 37.8 Å². The second-order valence-electron chi connectivity index (χ2n) is 5.90. The van der Waals surface area contributed by atoms with Gasteiger partial charge in [-0.2, -0.15) is 0 Å². The van der Waals surface area contributed by atoms with Gasteiger partial charge in [-0.05, 0) is 32.3 Å². The lowest BCUT2D eigenvalue weighted by Crippen LogP contribution is -2.35. The van der Waals surface area contributed by atoms with E-state index >= 15 is 0 Å². The number of aromatic nitrogens is 2. The summed E-state index contributed by atoms with van der Waals surface area (Å²) in [5.41, 5.74) is 1.34. The molecular formula is C11H21N3S. The first kappa shape index (κ1) is 12.6. The third-order valence-electron chi connectivity index (χ3n) is 2.05. The Morgan fingerprint density at radius 2 is 1.73 bits per heavy atom. The predicted octanol–water partition coefficient (Wildman–Crippen LogP) is 2.72. The molecule has 15 heavy (non-hydrogen) atoms. The molecule has 1 N–H and O–H groups in total. The SMILES string of the molecule is CC(C)(C)NCc1snnc1C(C)(C)C. The Labute approximate surface area is 96.5 Å². The number of nitrogens with zero attached hydrogens (tertiary/aromatic N) is 2. The number of nitrogens with one attached hydrogen (secondary N) is 1. The van der Waals surface area contributed by atoms with Crippen LogP contribution in [0.2, 0.25) is 0 Å². The molecule has 1 rings (SSSR count). The lowest BCUT2D eigenvalue weighted by Gasteiger charge is -2.22. The van der Waals surface area contributed by atoms with Crippen LogP contribution in [0.3, 0.4) is 0 Å². The van der Waals surface area contributed by atoms with Crippen molar-refractivity contribution in [2.45, 2.75) is 59.0 Å². The van der Waals surface area contributed by atoms with Crippen LogP contribution in [0.1, 0.15) is 52.1 Å². The molecule has 3 nitrogen and oxygen atoms in total. The van der Waals surface area contributed by atoms with Crippen molar-refractivity contribution in [2.24, 2.45) is 0 Å². The van der Waals surface area contributed by atoms with Crippen LogP contribution in [0, 0.1) is 0 Å². The first-order chi connectivity index (χ1) is 6.70. The lowest BCUT2D eigenvalue weighted by atomic mass is 9.91. The molecule has 0 fully saturated rings. The van der Waals surface area contributed by atoms with Gasteiger partial charge in [0.05, 0.1) is 10.6 Å². The Morgan fingerprint density at radius 3 is 2.20 bits per heavy atom. The van der Waals surface area contributed by atoms with E-state index in [0.29, 0.717) is 0 Å². The van der Waals surface area contributed by atoms with Crippen LogP contribution in [0.15, 0.2) is 0 Å². The summed E-state index contributed by atoms with van der Waals surface area (Å²) in [7, 11) is 0. The van der Waals surface area contributed by atoms with Gasteiger partial charge in [-0.25, -0.2) is 0 Å². The molecule has 1 aromatic rings. The summed E-state index contributed by atoms with van der Waals surface area (Å²) in [6.45, 7) is 13.9. The van der Waals surface area contributed by atoms with Gasteiger partial charge in [-0.1, -0.05) is 25.3 Å². The normalized spacial score (nSPS) is 13.2. The van der Waals surface area contributed by atoms with Crippen LogP contribution in [0.5, 0.6) is 0 Å². The Bertz CT molecular complexity index is 317. The molecule has 0 saturated carbocycles. The van der Waals surface area contributed by atoms with Crippen LogP contribution in [-0.2, 0) is 12.0 Å². The first-order valence-corrected chi connectivity index (χ1v) is 6.04. The number of hydrogen-bond acceptors (Lipinski definition) is 4. The molecule has 4 heteroatoms. The van der Waals surface area contributed by atoms with Gasteiger partial charge in [0.15, 0.2) is 0 Å². The van der Waals surface area contributed by atoms with E-state index in [9.17, 15) is 0 Å². The van der Waals surface area contributed by atoms with Crippen LogP contribution in [0.4, 0.5) is 0 Å². The highest BCUT2D eigenvalue weighted by Gasteiger charge is 2.22. The molecule has 0 atom stereocenters. The average Bonchev–Trinajstić information content (AvgIpc) is 2.45. The van der Waals surface area contributed by atoms with Crippen LogP contribution in [0.25, 0.3) is 0 Å². The third-order valence-corrected chi connectivity index (χ3v) is 2.77. The van der Waals surface area contributed by atoms with E-state index < -0.39 is 0 Å². The van der Waals surface area contributed by atoms with Gasteiger partial charge in [0, 0.05) is 17.5 Å². The van der Waals surface area contributed by atoms with Crippen molar-refractivity contribution in [1.82, 2.24) is 14.9 Å². The molecule has 0 bridgehead atoms. The summed E-state index contributed by atoms with van der Waals surface area (Å²) < 4.78 is 4.04. The van der Waals surface area contributed by atoms with Crippen LogP contribution in [-0.4, -0.2) is 15.1 Å². The molecule has 1 heterocycles. The molecule has 0 aromatic carbocycles. The van der Waals surface area contributed by atoms with Gasteiger partial charge >= 0.3 is 0 Å². The average molecular weight is 227 g/mol. The van der Waals surface area contributed by atoms with Gasteiger partial charge < -0.3 is 5.32 Å². The van der Waals surface area contributed by atoms with Crippen LogP contribution >= 0.6 is 11.5 Å². The summed E-state index contributed by atoms with van der Waals surface area (Å²) in [6, 6.07) is 0. The van der Waals surface area contributed by atoms with E-state index in [-0.39, 0.29) is 11.0 Å². The third kappa shape index (κ3) is 3.87. The summed E-state index contributed by atoms with van der Waals surface area (Å²) in [5, 5.41) is 7.68. The molecule has 0 radical (unpaired) electrons. The maximum Gasteiger partial charge on any atom is 0.0854 e. The Balaban J connectivity index is 2.75. The molecule has 0 aliphatic rings. The molecule has 0 aliphatic heterocycles. The van der Waals surface area contributed by atoms with E-state index in [1.807, 2.05) is 0 Å². The van der Waals surface area contributed by atoms with Crippen molar-refractivity contribution in [3.05, 3.63) is 10.6 Å². The van der Waals surface area contributed by atoms with E-state index in [1.54, 1.807) is 0 Å². The predicted molar refractivity (Wildman–Crippen MR) is 65.2 cm³/mol. The Hall–Kier alpha value is -0.480. The van der Waals surface area contributed by atoms with Gasteiger partial charge in [0.1, 0.15) is 0 Å². The second-order valence-corrected chi connectivity index (χ2v) is 6.74. The van der Waals surface area contributed by atoms with E-state index in [1.165, 1.54) is 16.4 Å². The first-order valence-electron chi connectivity index (χ1n) is 5.27. The second kappa shape index (κ2) is 4.18. The fourth-order valence-electron chi connectivity index (χ4n) is 1.24. The molecule has 0 aliphatic carbocycles.